The lowest BCUT2D eigenvalue weighted by atomic mass is 9.83. The van der Waals surface area contributed by atoms with Crippen molar-refractivity contribution in [2.45, 2.75) is 61.5 Å². The summed E-state index contributed by atoms with van der Waals surface area (Å²) in [5.41, 5.74) is 0.481. The van der Waals surface area contributed by atoms with Crippen LogP contribution in [0.3, 0.4) is 0 Å². The molecule has 2 atom stereocenters. The maximum Gasteiger partial charge on any atom is 0.238 e. The summed E-state index contributed by atoms with van der Waals surface area (Å²) in [4.78, 5) is 32.9. The van der Waals surface area contributed by atoms with Crippen molar-refractivity contribution < 1.29 is 23.1 Å². The van der Waals surface area contributed by atoms with E-state index < -0.39 is 15.6 Å². The molecule has 1 aliphatic carbocycles. The van der Waals surface area contributed by atoms with E-state index in [-0.39, 0.29) is 41.0 Å². The predicted octanol–water partition coefficient (Wildman–Crippen LogP) is 2.89. The Kier molecular flexibility index (Phi) is 9.70. The number of hydrogen-bond acceptors (Lipinski definition) is 6. The number of carbonyl (C=O) groups excluding carboxylic acids is 2. The van der Waals surface area contributed by atoms with Gasteiger partial charge in [0.25, 0.3) is 0 Å². The van der Waals surface area contributed by atoms with Gasteiger partial charge in [-0.1, -0.05) is 61.4 Å². The highest BCUT2D eigenvalue weighted by atomic mass is 32.2. The molecule has 43 heavy (non-hydrogen) atoms. The number of benzene rings is 2. The van der Waals surface area contributed by atoms with E-state index in [9.17, 15) is 23.1 Å². The van der Waals surface area contributed by atoms with Crippen LogP contribution in [0.2, 0.25) is 0 Å². The Morgan fingerprint density at radius 1 is 1.02 bits per heavy atom. The van der Waals surface area contributed by atoms with Crippen molar-refractivity contribution in [3.8, 4) is 0 Å². The molecule has 0 radical (unpaired) electrons. The lowest BCUT2D eigenvalue weighted by Gasteiger charge is -2.40. The van der Waals surface area contributed by atoms with E-state index in [1.807, 2.05) is 40.1 Å². The molecule has 9 nitrogen and oxygen atoms in total. The van der Waals surface area contributed by atoms with Crippen molar-refractivity contribution in [3.63, 3.8) is 0 Å². The van der Waals surface area contributed by atoms with Gasteiger partial charge >= 0.3 is 0 Å². The van der Waals surface area contributed by atoms with Gasteiger partial charge in [0, 0.05) is 50.6 Å². The number of hydrogen-bond donors (Lipinski definition) is 2. The first-order valence-electron chi connectivity index (χ1n) is 15.4. The van der Waals surface area contributed by atoms with Crippen LogP contribution in [0.5, 0.6) is 0 Å². The molecule has 0 unspecified atom stereocenters. The first-order chi connectivity index (χ1) is 20.6. The zero-order valence-corrected chi connectivity index (χ0v) is 25.6. The standard InChI is InChI=1S/C33H44N4O5S/c1-2-18-37(31(38)21-25-12-14-30(15-13-25)43(34,41)42)29-16-19-35(20-17-29)22-28-23-36(32(39)26-8-6-7-9-26)24-33(28,40)27-10-4-3-5-11-27/h2-5,10-15,26,28-29,40H,1,6-9,16-24H2,(H2,34,41,42)/t28-,33-/m0/s1. The molecule has 2 amide bonds. The lowest BCUT2D eigenvalue weighted by molar-refractivity contribution is -0.135. The van der Waals surface area contributed by atoms with Crippen molar-refractivity contribution in [1.29, 1.82) is 0 Å². The number of aliphatic hydroxyl groups is 1. The normalized spacial score (nSPS) is 23.9. The molecule has 0 bridgehead atoms. The monoisotopic (exact) mass is 608 g/mol. The number of carbonyl (C=O) groups is 2. The Bertz CT molecular complexity index is 1390. The summed E-state index contributed by atoms with van der Waals surface area (Å²) in [5.74, 6) is 0.125. The van der Waals surface area contributed by atoms with Gasteiger partial charge in [-0.05, 0) is 48.9 Å². The average molecular weight is 609 g/mol. The number of nitrogens with two attached hydrogens (primary N) is 1. The fourth-order valence-electron chi connectivity index (χ4n) is 7.16. The van der Waals surface area contributed by atoms with Gasteiger partial charge < -0.3 is 19.8 Å². The molecule has 2 aromatic rings. The van der Waals surface area contributed by atoms with Crippen molar-refractivity contribution >= 4 is 21.8 Å². The van der Waals surface area contributed by atoms with Crippen LogP contribution in [0, 0.1) is 11.8 Å². The quantitative estimate of drug-likeness (QED) is 0.400. The van der Waals surface area contributed by atoms with Gasteiger partial charge in [-0.2, -0.15) is 0 Å². The maximum absolute atomic E-state index is 13.4. The van der Waals surface area contributed by atoms with E-state index >= 15 is 0 Å². The van der Waals surface area contributed by atoms with Crippen molar-refractivity contribution in [2.75, 3.05) is 39.3 Å². The summed E-state index contributed by atoms with van der Waals surface area (Å²) in [7, 11) is -3.79. The van der Waals surface area contributed by atoms with E-state index in [1.165, 1.54) is 12.1 Å². The summed E-state index contributed by atoms with van der Waals surface area (Å²) < 4.78 is 23.1. The van der Waals surface area contributed by atoms with Crippen LogP contribution in [0.1, 0.15) is 49.7 Å². The Balaban J connectivity index is 1.22. The van der Waals surface area contributed by atoms with Crippen molar-refractivity contribution in [1.82, 2.24) is 14.7 Å². The predicted molar refractivity (Wildman–Crippen MR) is 165 cm³/mol. The molecule has 232 valence electrons. The lowest BCUT2D eigenvalue weighted by Crippen LogP contribution is -2.50. The Morgan fingerprint density at radius 2 is 1.67 bits per heavy atom. The van der Waals surface area contributed by atoms with Crippen molar-refractivity contribution in [3.05, 3.63) is 78.4 Å². The molecule has 3 aliphatic rings. The summed E-state index contributed by atoms with van der Waals surface area (Å²) >= 11 is 0. The van der Waals surface area contributed by atoms with E-state index in [0.29, 0.717) is 26.2 Å². The maximum atomic E-state index is 13.4. The molecule has 2 aliphatic heterocycles. The molecule has 10 heteroatoms. The number of amides is 2. The molecule has 2 heterocycles. The summed E-state index contributed by atoms with van der Waals surface area (Å²) in [6.07, 6.45) is 7.58. The Morgan fingerprint density at radius 3 is 2.28 bits per heavy atom. The third-order valence-electron chi connectivity index (χ3n) is 9.57. The highest BCUT2D eigenvalue weighted by molar-refractivity contribution is 7.89. The molecule has 3 N–H and O–H groups in total. The SMILES string of the molecule is C=CCN(C(=O)Cc1ccc(S(N)(=O)=O)cc1)C1CCN(C[C@H]2CN(C(=O)C3CCCC3)C[C@]2(O)c2ccccc2)CC1. The molecule has 2 aromatic carbocycles. The molecular weight excluding hydrogens is 564 g/mol. The van der Waals surface area contributed by atoms with Gasteiger partial charge in [0.05, 0.1) is 17.9 Å². The summed E-state index contributed by atoms with van der Waals surface area (Å²) in [6, 6.07) is 15.9. The highest BCUT2D eigenvalue weighted by Crippen LogP contribution is 2.40. The largest absolute Gasteiger partial charge is 0.383 e. The van der Waals surface area contributed by atoms with E-state index in [2.05, 4.69) is 11.5 Å². The molecule has 0 aromatic heterocycles. The third-order valence-corrected chi connectivity index (χ3v) is 10.5. The van der Waals surface area contributed by atoms with Gasteiger partial charge in [-0.3, -0.25) is 9.59 Å². The van der Waals surface area contributed by atoms with Crippen LogP contribution in [-0.2, 0) is 31.6 Å². The zero-order valence-electron chi connectivity index (χ0n) is 24.8. The first-order valence-corrected chi connectivity index (χ1v) is 16.9. The molecule has 2 saturated heterocycles. The Labute approximate surface area is 255 Å². The number of likely N-dealkylation sites (tertiary alicyclic amines) is 2. The number of nitrogens with zero attached hydrogens (tertiary/aromatic N) is 3. The second kappa shape index (κ2) is 13.3. The minimum Gasteiger partial charge on any atom is -0.383 e. The highest BCUT2D eigenvalue weighted by Gasteiger charge is 2.49. The number of rotatable bonds is 10. The van der Waals surface area contributed by atoms with E-state index in [0.717, 1.165) is 62.7 Å². The first kappa shape index (κ1) is 31.4. The van der Waals surface area contributed by atoms with Gasteiger partial charge in [0.15, 0.2) is 0 Å². The van der Waals surface area contributed by atoms with Crippen LogP contribution in [-0.4, -0.2) is 85.3 Å². The minimum absolute atomic E-state index is 0.0199. The summed E-state index contributed by atoms with van der Waals surface area (Å²) in [6.45, 7) is 7.42. The number of β-amino-alcohol motifs (C(OH)–C–C–N with tert-alkyl or cyclic N) is 1. The van der Waals surface area contributed by atoms with Crippen LogP contribution in [0.15, 0.2) is 72.1 Å². The van der Waals surface area contributed by atoms with Crippen LogP contribution >= 0.6 is 0 Å². The van der Waals surface area contributed by atoms with Crippen LogP contribution in [0.4, 0.5) is 0 Å². The molecular formula is C33H44N4O5S. The number of piperidine rings is 1. The molecule has 1 saturated carbocycles. The van der Waals surface area contributed by atoms with Crippen molar-refractivity contribution in [2.24, 2.45) is 17.0 Å². The second-order valence-corrected chi connectivity index (χ2v) is 14.0. The number of sulfonamides is 1. The Hall–Kier alpha value is -3.05. The van der Waals surface area contributed by atoms with Crippen LogP contribution in [0.25, 0.3) is 0 Å². The summed E-state index contributed by atoms with van der Waals surface area (Å²) in [5, 5.41) is 17.3. The smallest absolute Gasteiger partial charge is 0.238 e. The van der Waals surface area contributed by atoms with E-state index in [4.69, 9.17) is 5.14 Å². The van der Waals surface area contributed by atoms with E-state index in [1.54, 1.807) is 18.2 Å². The van der Waals surface area contributed by atoms with Gasteiger partial charge in [0.1, 0.15) is 5.60 Å². The molecule has 0 spiro atoms. The third kappa shape index (κ3) is 7.20. The van der Waals surface area contributed by atoms with Crippen LogP contribution < -0.4 is 5.14 Å². The topological polar surface area (TPSA) is 124 Å². The second-order valence-electron chi connectivity index (χ2n) is 12.4. The van der Waals surface area contributed by atoms with Gasteiger partial charge in [-0.25, -0.2) is 13.6 Å². The van der Waals surface area contributed by atoms with Gasteiger partial charge in [-0.15, -0.1) is 6.58 Å². The average Bonchev–Trinajstić information content (AvgIpc) is 3.66. The number of primary sulfonamides is 1. The molecule has 5 rings (SSSR count). The van der Waals surface area contributed by atoms with Gasteiger partial charge in [0.2, 0.25) is 21.8 Å². The fourth-order valence-corrected chi connectivity index (χ4v) is 7.67. The minimum atomic E-state index is -3.79. The fraction of sp³-hybridized carbons (Fsp3) is 0.515. The zero-order chi connectivity index (χ0) is 30.6. The molecule has 3 fully saturated rings.